The summed E-state index contributed by atoms with van der Waals surface area (Å²) in [6, 6.07) is 10.1. The van der Waals surface area contributed by atoms with Gasteiger partial charge in [-0.25, -0.2) is 0 Å². The zero-order valence-corrected chi connectivity index (χ0v) is 16.7. The number of nitrogens with one attached hydrogen (secondary N) is 2. The van der Waals surface area contributed by atoms with Gasteiger partial charge in [-0.1, -0.05) is 36.4 Å². The van der Waals surface area contributed by atoms with Gasteiger partial charge in [-0.15, -0.1) is 0 Å². The summed E-state index contributed by atoms with van der Waals surface area (Å²) in [4.78, 5) is 11.6. The summed E-state index contributed by atoms with van der Waals surface area (Å²) in [7, 11) is 0. The molecule has 2 aromatic carbocycles. The molecule has 154 valence electrons. The van der Waals surface area contributed by atoms with Gasteiger partial charge in [-0.05, 0) is 73.6 Å². The van der Waals surface area contributed by atoms with Crippen molar-refractivity contribution in [3.8, 4) is 0 Å². The molecule has 29 heavy (non-hydrogen) atoms. The number of hydrogen-bond donors (Lipinski definition) is 2. The minimum absolute atomic E-state index is 0.0364. The number of hydrazine groups is 1. The van der Waals surface area contributed by atoms with Gasteiger partial charge in [0.2, 0.25) is 5.91 Å². The molecular weight excluding hydrogens is 377 g/mol. The van der Waals surface area contributed by atoms with Crippen LogP contribution in [0.5, 0.6) is 0 Å². The van der Waals surface area contributed by atoms with Crippen LogP contribution >= 0.6 is 0 Å². The van der Waals surface area contributed by atoms with E-state index < -0.39 is 12.1 Å². The lowest BCUT2D eigenvalue weighted by atomic mass is 9.91. The van der Waals surface area contributed by atoms with Gasteiger partial charge in [0.05, 0.1) is 11.6 Å². The van der Waals surface area contributed by atoms with Crippen LogP contribution in [0.4, 0.5) is 18.9 Å². The van der Waals surface area contributed by atoms with Crippen LogP contribution in [0.15, 0.2) is 42.5 Å². The summed E-state index contributed by atoms with van der Waals surface area (Å²) in [6.07, 6.45) is 0.130. The van der Waals surface area contributed by atoms with Gasteiger partial charge in [0.1, 0.15) is 0 Å². The Morgan fingerprint density at radius 3 is 2.17 bits per heavy atom. The molecule has 1 fully saturated rings. The number of halogens is 3. The van der Waals surface area contributed by atoms with Crippen molar-refractivity contribution in [2.75, 3.05) is 5.43 Å². The van der Waals surface area contributed by atoms with E-state index in [0.29, 0.717) is 11.3 Å². The fraction of sp³-hybridized carbons (Fsp3) is 0.348. The van der Waals surface area contributed by atoms with Gasteiger partial charge >= 0.3 is 6.18 Å². The average Bonchev–Trinajstić information content (AvgIpc) is 3.49. The standard InChI is InChI=1S/C23H25F3N2O/c1-14-12-19(13-15(2)16(14)3)21(23(24,25)26)11-6-17-4-9-20(10-5-17)27-28-22(29)18-7-8-18/h4-6,9-13,18,21,27H,7-8H2,1-3H3,(H,28,29)/b11-6+. The van der Waals surface area contributed by atoms with Crippen LogP contribution in [0.1, 0.15) is 46.6 Å². The van der Waals surface area contributed by atoms with Gasteiger partial charge in [-0.2, -0.15) is 13.2 Å². The molecule has 6 heteroatoms. The maximum atomic E-state index is 13.7. The normalized spacial score (nSPS) is 15.4. The van der Waals surface area contributed by atoms with Crippen LogP contribution in [-0.4, -0.2) is 12.1 Å². The zero-order chi connectivity index (χ0) is 21.2. The molecule has 0 heterocycles. The predicted molar refractivity (Wildman–Crippen MR) is 109 cm³/mol. The molecule has 0 saturated heterocycles. The molecule has 0 bridgehead atoms. The van der Waals surface area contributed by atoms with E-state index in [4.69, 9.17) is 0 Å². The number of carbonyl (C=O) groups is 1. The summed E-state index contributed by atoms with van der Waals surface area (Å²) < 4.78 is 41.0. The second kappa shape index (κ2) is 8.31. The maximum absolute atomic E-state index is 13.7. The molecule has 0 aromatic heterocycles. The van der Waals surface area contributed by atoms with Crippen LogP contribution in [0.3, 0.4) is 0 Å². The van der Waals surface area contributed by atoms with E-state index in [9.17, 15) is 18.0 Å². The Labute approximate surface area is 169 Å². The molecular formula is C23H25F3N2O. The van der Waals surface area contributed by atoms with Gasteiger partial charge < -0.3 is 0 Å². The predicted octanol–water partition coefficient (Wildman–Crippen LogP) is 5.82. The molecule has 1 aliphatic carbocycles. The number of alkyl halides is 3. The molecule has 0 spiro atoms. The summed E-state index contributed by atoms with van der Waals surface area (Å²) in [5, 5.41) is 0. The van der Waals surface area contributed by atoms with Crippen molar-refractivity contribution < 1.29 is 18.0 Å². The van der Waals surface area contributed by atoms with E-state index in [1.807, 2.05) is 20.8 Å². The molecule has 1 aliphatic rings. The number of amides is 1. The fourth-order valence-corrected chi connectivity index (χ4v) is 3.12. The highest BCUT2D eigenvalue weighted by Gasteiger charge is 2.39. The first-order valence-corrected chi connectivity index (χ1v) is 9.64. The first kappa shape index (κ1) is 21.0. The van der Waals surface area contributed by atoms with Gasteiger partial charge in [0.25, 0.3) is 0 Å². The molecule has 1 saturated carbocycles. The molecule has 1 unspecified atom stereocenters. The average molecular weight is 402 g/mol. The molecule has 1 amide bonds. The van der Waals surface area contributed by atoms with E-state index in [-0.39, 0.29) is 17.4 Å². The second-order valence-electron chi connectivity index (χ2n) is 7.67. The molecule has 3 nitrogen and oxygen atoms in total. The van der Waals surface area contributed by atoms with E-state index in [0.717, 1.165) is 29.5 Å². The largest absolute Gasteiger partial charge is 0.399 e. The Kier molecular flexibility index (Phi) is 6.01. The maximum Gasteiger partial charge on any atom is 0.399 e. The third-order valence-electron chi connectivity index (χ3n) is 5.33. The van der Waals surface area contributed by atoms with Crippen molar-refractivity contribution in [1.29, 1.82) is 0 Å². The van der Waals surface area contributed by atoms with Crippen molar-refractivity contribution in [2.24, 2.45) is 5.92 Å². The van der Waals surface area contributed by atoms with E-state index >= 15 is 0 Å². The van der Waals surface area contributed by atoms with Crippen LogP contribution in [0.25, 0.3) is 6.08 Å². The minimum Gasteiger partial charge on any atom is -0.299 e. The SMILES string of the molecule is Cc1cc(C(/C=C/c2ccc(NNC(=O)C3CC3)cc2)C(F)(F)F)cc(C)c1C. The Balaban J connectivity index is 1.73. The van der Waals surface area contributed by atoms with Crippen molar-refractivity contribution in [1.82, 2.24) is 5.43 Å². The first-order chi connectivity index (χ1) is 13.6. The molecule has 1 atom stereocenters. The van der Waals surface area contributed by atoms with Crippen LogP contribution < -0.4 is 10.9 Å². The Bertz CT molecular complexity index is 890. The topological polar surface area (TPSA) is 41.1 Å². The van der Waals surface area contributed by atoms with Crippen LogP contribution in [0.2, 0.25) is 0 Å². The Hall–Kier alpha value is -2.76. The van der Waals surface area contributed by atoms with E-state index in [1.165, 1.54) is 12.2 Å². The minimum atomic E-state index is -4.38. The van der Waals surface area contributed by atoms with Crippen LogP contribution in [-0.2, 0) is 4.79 Å². The van der Waals surface area contributed by atoms with Crippen molar-refractivity contribution in [2.45, 2.75) is 45.7 Å². The lowest BCUT2D eigenvalue weighted by molar-refractivity contribution is -0.139. The lowest BCUT2D eigenvalue weighted by Gasteiger charge is -2.19. The summed E-state index contributed by atoms with van der Waals surface area (Å²) in [5.74, 6) is -1.61. The smallest absolute Gasteiger partial charge is 0.299 e. The number of anilines is 1. The Morgan fingerprint density at radius 2 is 1.66 bits per heavy atom. The quantitative estimate of drug-likeness (QED) is 0.598. The van der Waals surface area contributed by atoms with Gasteiger partial charge in [0.15, 0.2) is 0 Å². The van der Waals surface area contributed by atoms with Crippen molar-refractivity contribution in [3.05, 3.63) is 70.3 Å². The van der Waals surface area contributed by atoms with Crippen molar-refractivity contribution >= 4 is 17.7 Å². The highest BCUT2D eigenvalue weighted by Crippen LogP contribution is 2.37. The van der Waals surface area contributed by atoms with Crippen molar-refractivity contribution in [3.63, 3.8) is 0 Å². The number of hydrogen-bond acceptors (Lipinski definition) is 2. The molecule has 0 aliphatic heterocycles. The summed E-state index contributed by atoms with van der Waals surface area (Å²) >= 11 is 0. The molecule has 2 N–H and O–H groups in total. The van der Waals surface area contributed by atoms with Crippen LogP contribution in [0, 0.1) is 26.7 Å². The molecule has 2 aromatic rings. The highest BCUT2D eigenvalue weighted by molar-refractivity contribution is 5.82. The number of allylic oxidation sites excluding steroid dienone is 1. The summed E-state index contributed by atoms with van der Waals surface area (Å²) in [5.41, 5.74) is 9.74. The monoisotopic (exact) mass is 402 g/mol. The zero-order valence-electron chi connectivity index (χ0n) is 16.7. The number of carbonyl (C=O) groups excluding carboxylic acids is 1. The third kappa shape index (κ3) is 5.40. The lowest BCUT2D eigenvalue weighted by Crippen LogP contribution is -2.30. The van der Waals surface area contributed by atoms with Gasteiger partial charge in [-0.3, -0.25) is 15.6 Å². The highest BCUT2D eigenvalue weighted by atomic mass is 19.4. The van der Waals surface area contributed by atoms with Gasteiger partial charge in [0, 0.05) is 5.92 Å². The number of benzene rings is 2. The summed E-state index contributed by atoms with van der Waals surface area (Å²) in [6.45, 7) is 5.57. The first-order valence-electron chi connectivity index (χ1n) is 9.64. The molecule has 3 rings (SSSR count). The fourth-order valence-electron chi connectivity index (χ4n) is 3.12. The Morgan fingerprint density at radius 1 is 1.07 bits per heavy atom. The number of aryl methyl sites for hydroxylation is 2. The number of rotatable bonds is 6. The second-order valence-corrected chi connectivity index (χ2v) is 7.67. The molecule has 0 radical (unpaired) electrons. The van der Waals surface area contributed by atoms with E-state index in [1.54, 1.807) is 36.4 Å². The van der Waals surface area contributed by atoms with E-state index in [2.05, 4.69) is 10.9 Å². The third-order valence-corrected chi connectivity index (χ3v) is 5.33.